The monoisotopic (exact) mass is 450 g/mol. The third-order valence-corrected chi connectivity index (χ3v) is 3.67. The van der Waals surface area contributed by atoms with Crippen molar-refractivity contribution in [1.29, 1.82) is 0 Å². The normalized spacial score (nSPS) is 12.5. The van der Waals surface area contributed by atoms with Crippen LogP contribution in [0.1, 0.15) is 50.2 Å². The van der Waals surface area contributed by atoms with E-state index in [1.165, 1.54) is 6.26 Å². The third-order valence-electron chi connectivity index (χ3n) is 3.67. The highest BCUT2D eigenvalue weighted by molar-refractivity contribution is 14.0. The Hall–Kier alpha value is -1.25. The van der Waals surface area contributed by atoms with Crippen molar-refractivity contribution in [2.75, 3.05) is 19.6 Å². The van der Waals surface area contributed by atoms with E-state index in [0.717, 1.165) is 24.5 Å². The molecule has 0 bridgehead atoms. The minimum atomic E-state index is -0.171. The third kappa shape index (κ3) is 8.03. The lowest BCUT2D eigenvalue weighted by Crippen LogP contribution is -2.44. The largest absolute Gasteiger partial charge is 0.459 e. The van der Waals surface area contributed by atoms with Gasteiger partial charge in [-0.3, -0.25) is 9.79 Å². The quantitative estimate of drug-likeness (QED) is 0.246. The number of carbonyl (C=O) groups is 1. The molecule has 0 aliphatic heterocycles. The molecule has 138 valence electrons. The minimum absolute atomic E-state index is 0. The first-order chi connectivity index (χ1) is 11.0. The number of furan rings is 1. The Balaban J connectivity index is 0.00000529. The van der Waals surface area contributed by atoms with Crippen LogP contribution in [0, 0.1) is 12.8 Å². The molecule has 6 nitrogen and oxygen atoms in total. The molecule has 0 fully saturated rings. The van der Waals surface area contributed by atoms with Crippen molar-refractivity contribution >= 4 is 35.8 Å². The molecule has 3 N–H and O–H groups in total. The van der Waals surface area contributed by atoms with Crippen LogP contribution >= 0.6 is 24.0 Å². The van der Waals surface area contributed by atoms with Crippen LogP contribution in [-0.4, -0.2) is 37.5 Å². The molecule has 0 aliphatic carbocycles. The number of halogens is 1. The van der Waals surface area contributed by atoms with Crippen molar-refractivity contribution in [3.05, 3.63) is 23.7 Å². The second kappa shape index (κ2) is 12.2. The van der Waals surface area contributed by atoms with Crippen LogP contribution in [-0.2, 0) is 0 Å². The van der Waals surface area contributed by atoms with Gasteiger partial charge in [-0.25, -0.2) is 0 Å². The Morgan fingerprint density at radius 3 is 2.54 bits per heavy atom. The van der Waals surface area contributed by atoms with Crippen molar-refractivity contribution in [2.24, 2.45) is 10.9 Å². The average molecular weight is 450 g/mol. The van der Waals surface area contributed by atoms with Crippen LogP contribution in [0.2, 0.25) is 0 Å². The zero-order valence-corrected chi connectivity index (χ0v) is 17.6. The number of nitrogens with zero attached hydrogens (tertiary/aromatic N) is 1. The number of hydrogen-bond donors (Lipinski definition) is 3. The maximum Gasteiger partial charge on any atom is 0.287 e. The summed E-state index contributed by atoms with van der Waals surface area (Å²) in [5.74, 6) is 1.57. The summed E-state index contributed by atoms with van der Waals surface area (Å²) in [6.45, 7) is 12.4. The van der Waals surface area contributed by atoms with Gasteiger partial charge in [0, 0.05) is 31.2 Å². The fourth-order valence-electron chi connectivity index (χ4n) is 1.86. The smallest absolute Gasteiger partial charge is 0.287 e. The summed E-state index contributed by atoms with van der Waals surface area (Å²) in [4.78, 5) is 16.4. The number of nitrogens with one attached hydrogen (secondary N) is 3. The molecule has 1 unspecified atom stereocenters. The second-order valence-corrected chi connectivity index (χ2v) is 5.98. The van der Waals surface area contributed by atoms with Crippen LogP contribution in [0.3, 0.4) is 0 Å². The van der Waals surface area contributed by atoms with Gasteiger partial charge in [0.1, 0.15) is 0 Å². The van der Waals surface area contributed by atoms with Crippen LogP contribution in [0.4, 0.5) is 0 Å². The predicted molar refractivity (Wildman–Crippen MR) is 109 cm³/mol. The van der Waals surface area contributed by atoms with Gasteiger partial charge in [-0.1, -0.05) is 13.8 Å². The summed E-state index contributed by atoms with van der Waals surface area (Å²) in [5.41, 5.74) is 0.849. The van der Waals surface area contributed by atoms with E-state index >= 15 is 0 Å². The van der Waals surface area contributed by atoms with E-state index in [0.29, 0.717) is 30.8 Å². The Kier molecular flexibility index (Phi) is 11.5. The van der Waals surface area contributed by atoms with Crippen LogP contribution < -0.4 is 16.0 Å². The number of hydrogen-bond acceptors (Lipinski definition) is 3. The lowest BCUT2D eigenvalue weighted by molar-refractivity contribution is 0.0925. The van der Waals surface area contributed by atoms with Gasteiger partial charge < -0.3 is 20.4 Å². The zero-order valence-electron chi connectivity index (χ0n) is 15.3. The molecule has 0 radical (unpaired) electrons. The second-order valence-electron chi connectivity index (χ2n) is 5.98. The molecule has 0 spiro atoms. The fourth-order valence-corrected chi connectivity index (χ4v) is 1.86. The zero-order chi connectivity index (χ0) is 17.2. The van der Waals surface area contributed by atoms with Gasteiger partial charge in [0.15, 0.2) is 11.7 Å². The Bertz CT molecular complexity index is 514. The molecular weight excluding hydrogens is 419 g/mol. The molecule has 0 saturated carbocycles. The van der Waals surface area contributed by atoms with Gasteiger partial charge in [0.25, 0.3) is 5.91 Å². The van der Waals surface area contributed by atoms with Crippen LogP contribution in [0.15, 0.2) is 21.7 Å². The first-order valence-electron chi connectivity index (χ1n) is 8.32. The Morgan fingerprint density at radius 1 is 1.29 bits per heavy atom. The lowest BCUT2D eigenvalue weighted by Gasteiger charge is -2.20. The SMILES string of the molecule is CCNC(=NCCCNC(=O)c1occc1C)NC(C)C(C)C.I. The van der Waals surface area contributed by atoms with Gasteiger partial charge in [0.05, 0.1) is 6.26 Å². The molecule has 24 heavy (non-hydrogen) atoms. The number of guanidine groups is 1. The fraction of sp³-hybridized carbons (Fsp3) is 0.647. The molecule has 1 rings (SSSR count). The highest BCUT2D eigenvalue weighted by atomic mass is 127. The lowest BCUT2D eigenvalue weighted by atomic mass is 10.1. The van der Waals surface area contributed by atoms with Crippen LogP contribution in [0.5, 0.6) is 0 Å². The molecule has 1 aromatic rings. The van der Waals surface area contributed by atoms with Gasteiger partial charge in [-0.2, -0.15) is 0 Å². The molecule has 1 amide bonds. The van der Waals surface area contributed by atoms with Crippen molar-refractivity contribution < 1.29 is 9.21 Å². The Labute approximate surface area is 162 Å². The first kappa shape index (κ1) is 22.8. The highest BCUT2D eigenvalue weighted by Gasteiger charge is 2.11. The molecule has 7 heteroatoms. The van der Waals surface area contributed by atoms with Gasteiger partial charge in [0.2, 0.25) is 0 Å². The van der Waals surface area contributed by atoms with Gasteiger partial charge in [-0.05, 0) is 39.2 Å². The number of aliphatic imine (C=N–C) groups is 1. The summed E-state index contributed by atoms with van der Waals surface area (Å²) in [7, 11) is 0. The molecular formula is C17H31IN4O2. The Morgan fingerprint density at radius 2 is 2.00 bits per heavy atom. The standard InChI is InChI=1S/C17H30N4O2.HI/c1-6-18-17(21-14(5)12(2)3)20-10-7-9-19-16(22)15-13(4)8-11-23-15;/h8,11-12,14H,6-7,9-10H2,1-5H3,(H,19,22)(H2,18,20,21);1H. The van der Waals surface area contributed by atoms with E-state index < -0.39 is 0 Å². The molecule has 1 aromatic heterocycles. The summed E-state index contributed by atoms with van der Waals surface area (Å²) in [6.07, 6.45) is 2.30. The summed E-state index contributed by atoms with van der Waals surface area (Å²) in [5, 5.41) is 9.47. The number of carbonyl (C=O) groups excluding carboxylic acids is 1. The van der Waals surface area contributed by atoms with E-state index in [4.69, 9.17) is 4.42 Å². The number of amides is 1. The maximum absolute atomic E-state index is 11.9. The predicted octanol–water partition coefficient (Wildman–Crippen LogP) is 2.93. The van der Waals surface area contributed by atoms with E-state index in [1.807, 2.05) is 13.8 Å². The van der Waals surface area contributed by atoms with Gasteiger partial charge in [-0.15, -0.1) is 24.0 Å². The average Bonchev–Trinajstić information content (AvgIpc) is 2.92. The number of aryl methyl sites for hydroxylation is 1. The van der Waals surface area contributed by atoms with E-state index in [2.05, 4.69) is 41.7 Å². The van der Waals surface area contributed by atoms with Crippen molar-refractivity contribution in [2.45, 2.75) is 47.1 Å². The summed E-state index contributed by atoms with van der Waals surface area (Å²) >= 11 is 0. The first-order valence-corrected chi connectivity index (χ1v) is 8.32. The highest BCUT2D eigenvalue weighted by Crippen LogP contribution is 2.07. The van der Waals surface area contributed by atoms with E-state index in [1.54, 1.807) is 6.07 Å². The molecule has 1 atom stereocenters. The summed E-state index contributed by atoms with van der Waals surface area (Å²) in [6, 6.07) is 2.14. The van der Waals surface area contributed by atoms with Gasteiger partial charge >= 0.3 is 0 Å². The molecule has 1 heterocycles. The molecule has 0 saturated heterocycles. The summed E-state index contributed by atoms with van der Waals surface area (Å²) < 4.78 is 5.16. The van der Waals surface area contributed by atoms with Crippen LogP contribution in [0.25, 0.3) is 0 Å². The van der Waals surface area contributed by atoms with Crippen molar-refractivity contribution in [1.82, 2.24) is 16.0 Å². The van der Waals surface area contributed by atoms with Crippen molar-refractivity contribution in [3.8, 4) is 0 Å². The van der Waals surface area contributed by atoms with Crippen molar-refractivity contribution in [3.63, 3.8) is 0 Å². The minimum Gasteiger partial charge on any atom is -0.459 e. The maximum atomic E-state index is 11.9. The topological polar surface area (TPSA) is 78.7 Å². The van der Waals surface area contributed by atoms with E-state index in [-0.39, 0.29) is 29.9 Å². The number of rotatable bonds is 8. The molecule has 0 aromatic carbocycles. The molecule has 0 aliphatic rings. The van der Waals surface area contributed by atoms with E-state index in [9.17, 15) is 4.79 Å².